The Morgan fingerprint density at radius 3 is 2.42 bits per heavy atom. The predicted octanol–water partition coefficient (Wildman–Crippen LogP) is 2.14. The standard InChI is InChI=1S/C21H23FN4O4S/c1-14(20-23-19-8-3-15(22)13-18(19)21(27)24-20)25-9-11-26(12-10-25)31(28,29)17-6-4-16(30-2)5-7-17/h3-8,13-14H,9-12H2,1-2H3,(H,23,24,27). The van der Waals surface area contributed by atoms with Crippen LogP contribution in [0.3, 0.4) is 0 Å². The van der Waals surface area contributed by atoms with Gasteiger partial charge in [0.15, 0.2) is 0 Å². The maximum atomic E-state index is 13.4. The molecule has 0 amide bonds. The van der Waals surface area contributed by atoms with Crippen molar-refractivity contribution in [3.8, 4) is 5.75 Å². The molecule has 0 bridgehead atoms. The Balaban J connectivity index is 1.48. The van der Waals surface area contributed by atoms with E-state index in [0.29, 0.717) is 43.3 Å². The summed E-state index contributed by atoms with van der Waals surface area (Å²) in [6.45, 7) is 3.52. The predicted molar refractivity (Wildman–Crippen MR) is 114 cm³/mol. The minimum Gasteiger partial charge on any atom is -0.497 e. The van der Waals surface area contributed by atoms with E-state index in [4.69, 9.17) is 4.74 Å². The van der Waals surface area contributed by atoms with Crippen LogP contribution in [-0.4, -0.2) is 60.9 Å². The van der Waals surface area contributed by atoms with Crippen molar-refractivity contribution in [3.05, 3.63) is 64.5 Å². The number of rotatable bonds is 5. The molecule has 2 aromatic carbocycles. The van der Waals surface area contributed by atoms with E-state index in [1.807, 2.05) is 6.92 Å². The summed E-state index contributed by atoms with van der Waals surface area (Å²) in [6, 6.07) is 10.0. The Kier molecular flexibility index (Phi) is 5.78. The average Bonchev–Trinajstić information content (AvgIpc) is 2.79. The van der Waals surface area contributed by atoms with E-state index in [2.05, 4.69) is 14.9 Å². The van der Waals surface area contributed by atoms with Crippen LogP contribution in [-0.2, 0) is 10.0 Å². The first kappa shape index (κ1) is 21.4. The molecule has 1 aromatic heterocycles. The molecule has 0 saturated carbocycles. The fourth-order valence-electron chi connectivity index (χ4n) is 3.73. The molecule has 1 atom stereocenters. The van der Waals surface area contributed by atoms with Gasteiger partial charge in [-0.1, -0.05) is 0 Å². The summed E-state index contributed by atoms with van der Waals surface area (Å²) in [7, 11) is -2.07. The number of fused-ring (bicyclic) bond motifs is 1. The molecule has 1 aliphatic rings. The molecular weight excluding hydrogens is 423 g/mol. The Hall–Kier alpha value is -2.82. The first-order valence-corrected chi connectivity index (χ1v) is 11.3. The summed E-state index contributed by atoms with van der Waals surface area (Å²) in [6.07, 6.45) is 0. The highest BCUT2D eigenvalue weighted by molar-refractivity contribution is 7.89. The molecule has 1 aliphatic heterocycles. The van der Waals surface area contributed by atoms with E-state index >= 15 is 0 Å². The summed E-state index contributed by atoms with van der Waals surface area (Å²) >= 11 is 0. The van der Waals surface area contributed by atoms with Crippen LogP contribution in [0.4, 0.5) is 4.39 Å². The van der Waals surface area contributed by atoms with Crippen LogP contribution in [0, 0.1) is 5.82 Å². The van der Waals surface area contributed by atoms with Crippen LogP contribution in [0.25, 0.3) is 10.9 Å². The second kappa shape index (κ2) is 8.37. The molecule has 1 fully saturated rings. The normalized spacial score (nSPS) is 17.0. The van der Waals surface area contributed by atoms with Crippen molar-refractivity contribution in [3.63, 3.8) is 0 Å². The number of nitrogens with zero attached hydrogens (tertiary/aromatic N) is 3. The third-order valence-corrected chi connectivity index (χ3v) is 7.51. The number of piperazine rings is 1. The summed E-state index contributed by atoms with van der Waals surface area (Å²) in [5, 5.41) is 0.200. The number of hydrogen-bond acceptors (Lipinski definition) is 6. The van der Waals surface area contributed by atoms with Crippen molar-refractivity contribution in [2.24, 2.45) is 0 Å². The van der Waals surface area contributed by atoms with Gasteiger partial charge in [-0.2, -0.15) is 4.31 Å². The Bertz CT molecular complexity index is 1250. The van der Waals surface area contributed by atoms with Gasteiger partial charge in [0.1, 0.15) is 17.4 Å². The highest BCUT2D eigenvalue weighted by Crippen LogP contribution is 2.24. The number of nitrogens with one attached hydrogen (secondary N) is 1. The summed E-state index contributed by atoms with van der Waals surface area (Å²) in [5.74, 6) is 0.572. The van der Waals surface area contributed by atoms with E-state index in [0.717, 1.165) is 0 Å². The molecule has 10 heteroatoms. The molecule has 4 rings (SSSR count). The lowest BCUT2D eigenvalue weighted by Gasteiger charge is -2.37. The fourth-order valence-corrected chi connectivity index (χ4v) is 5.15. The molecule has 164 valence electrons. The van der Waals surface area contributed by atoms with E-state index in [1.54, 1.807) is 12.1 Å². The van der Waals surface area contributed by atoms with Crippen molar-refractivity contribution < 1.29 is 17.5 Å². The van der Waals surface area contributed by atoms with Crippen LogP contribution in [0.1, 0.15) is 18.8 Å². The first-order valence-electron chi connectivity index (χ1n) is 9.87. The van der Waals surface area contributed by atoms with Crippen molar-refractivity contribution in [1.29, 1.82) is 0 Å². The minimum atomic E-state index is -3.60. The zero-order valence-corrected chi connectivity index (χ0v) is 18.0. The highest BCUT2D eigenvalue weighted by atomic mass is 32.2. The minimum absolute atomic E-state index is 0.200. The van der Waals surface area contributed by atoms with Gasteiger partial charge in [0, 0.05) is 26.2 Å². The number of sulfonamides is 1. The van der Waals surface area contributed by atoms with E-state index in [9.17, 15) is 17.6 Å². The fraction of sp³-hybridized carbons (Fsp3) is 0.333. The zero-order valence-electron chi connectivity index (χ0n) is 17.2. The average molecular weight is 447 g/mol. The summed E-state index contributed by atoms with van der Waals surface area (Å²) in [5.41, 5.74) is 0.0276. The molecule has 8 nitrogen and oxygen atoms in total. The number of H-pyrrole nitrogens is 1. The molecule has 3 aromatic rings. The van der Waals surface area contributed by atoms with Gasteiger partial charge in [-0.3, -0.25) is 9.69 Å². The van der Waals surface area contributed by atoms with Gasteiger partial charge in [-0.15, -0.1) is 0 Å². The molecule has 2 heterocycles. The van der Waals surface area contributed by atoms with Gasteiger partial charge in [0.05, 0.1) is 29.0 Å². The maximum absolute atomic E-state index is 13.4. The van der Waals surface area contributed by atoms with Gasteiger partial charge in [0.25, 0.3) is 5.56 Å². The van der Waals surface area contributed by atoms with Crippen molar-refractivity contribution in [2.45, 2.75) is 17.9 Å². The number of benzene rings is 2. The lowest BCUT2D eigenvalue weighted by Crippen LogP contribution is -2.49. The summed E-state index contributed by atoms with van der Waals surface area (Å²) < 4.78 is 45.8. The van der Waals surface area contributed by atoms with E-state index in [-0.39, 0.29) is 16.3 Å². The molecular formula is C21H23FN4O4S. The lowest BCUT2D eigenvalue weighted by atomic mass is 10.2. The van der Waals surface area contributed by atoms with Gasteiger partial charge >= 0.3 is 0 Å². The highest BCUT2D eigenvalue weighted by Gasteiger charge is 2.31. The molecule has 1 saturated heterocycles. The Morgan fingerprint density at radius 1 is 1.10 bits per heavy atom. The SMILES string of the molecule is COc1ccc(S(=O)(=O)N2CCN(C(C)c3nc4ccc(F)cc4c(=O)[nH]3)CC2)cc1. The summed E-state index contributed by atoms with van der Waals surface area (Å²) in [4.78, 5) is 21.8. The third-order valence-electron chi connectivity index (χ3n) is 5.60. The third kappa shape index (κ3) is 4.18. The van der Waals surface area contributed by atoms with Crippen molar-refractivity contribution in [1.82, 2.24) is 19.2 Å². The largest absolute Gasteiger partial charge is 0.497 e. The van der Waals surface area contributed by atoms with Crippen LogP contribution >= 0.6 is 0 Å². The van der Waals surface area contributed by atoms with Crippen LogP contribution < -0.4 is 10.3 Å². The van der Waals surface area contributed by atoms with Gasteiger partial charge < -0.3 is 9.72 Å². The van der Waals surface area contributed by atoms with E-state index < -0.39 is 21.4 Å². The smallest absolute Gasteiger partial charge is 0.258 e. The monoisotopic (exact) mass is 446 g/mol. The second-order valence-electron chi connectivity index (χ2n) is 7.40. The number of methoxy groups -OCH3 is 1. The lowest BCUT2D eigenvalue weighted by molar-refractivity contribution is 0.141. The molecule has 0 spiro atoms. The van der Waals surface area contributed by atoms with Crippen LogP contribution in [0.15, 0.2) is 52.2 Å². The topological polar surface area (TPSA) is 95.6 Å². The van der Waals surface area contributed by atoms with E-state index in [1.165, 1.54) is 41.7 Å². The molecule has 0 radical (unpaired) electrons. The molecule has 31 heavy (non-hydrogen) atoms. The number of halogens is 1. The maximum Gasteiger partial charge on any atom is 0.258 e. The van der Waals surface area contributed by atoms with Crippen molar-refractivity contribution >= 4 is 20.9 Å². The number of aromatic amines is 1. The van der Waals surface area contributed by atoms with Crippen LogP contribution in [0.2, 0.25) is 0 Å². The number of hydrogen-bond donors (Lipinski definition) is 1. The van der Waals surface area contributed by atoms with Gasteiger partial charge in [-0.25, -0.2) is 17.8 Å². The van der Waals surface area contributed by atoms with Gasteiger partial charge in [0.2, 0.25) is 10.0 Å². The Morgan fingerprint density at radius 2 is 1.77 bits per heavy atom. The molecule has 1 N–H and O–H groups in total. The Labute approximate surface area is 179 Å². The molecule has 0 aliphatic carbocycles. The zero-order chi connectivity index (χ0) is 22.2. The number of ether oxygens (including phenoxy) is 1. The van der Waals surface area contributed by atoms with Gasteiger partial charge in [-0.05, 0) is 49.4 Å². The van der Waals surface area contributed by atoms with Crippen molar-refractivity contribution in [2.75, 3.05) is 33.3 Å². The van der Waals surface area contributed by atoms with Crippen LogP contribution in [0.5, 0.6) is 5.75 Å². The second-order valence-corrected chi connectivity index (χ2v) is 9.34. The first-order chi connectivity index (χ1) is 14.8. The number of aromatic nitrogens is 2. The quantitative estimate of drug-likeness (QED) is 0.645. The molecule has 1 unspecified atom stereocenters.